The molecule has 0 aliphatic carbocycles. The van der Waals surface area contributed by atoms with Gasteiger partial charge in [0.15, 0.2) is 0 Å². The van der Waals surface area contributed by atoms with Crippen molar-refractivity contribution in [3.8, 4) is 5.75 Å². The van der Waals surface area contributed by atoms with E-state index in [9.17, 15) is 4.79 Å². The number of hydrogen-bond acceptors (Lipinski definition) is 4. The largest absolute Gasteiger partial charge is 0.496 e. The average molecular weight is 393 g/mol. The van der Waals surface area contributed by atoms with Crippen LogP contribution < -0.4 is 10.2 Å². The van der Waals surface area contributed by atoms with E-state index in [4.69, 9.17) is 4.74 Å². The van der Waals surface area contributed by atoms with Crippen LogP contribution in [0.5, 0.6) is 5.75 Å². The molecule has 2 rings (SSSR count). The molecular formula is C17H17BrN2O2S. The van der Waals surface area contributed by atoms with E-state index in [-0.39, 0.29) is 5.91 Å². The number of thioether (sulfide) groups is 1. The fourth-order valence-electron chi connectivity index (χ4n) is 1.87. The second-order valence-corrected chi connectivity index (χ2v) is 6.56. The number of benzene rings is 2. The molecule has 1 N–H and O–H groups in total. The second kappa shape index (κ2) is 9.37. The summed E-state index contributed by atoms with van der Waals surface area (Å²) in [7, 11) is 1.60. The van der Waals surface area contributed by atoms with Gasteiger partial charge in [-0.2, -0.15) is 5.10 Å². The Bertz CT molecular complexity index is 692. The molecule has 2 aromatic rings. The van der Waals surface area contributed by atoms with E-state index in [1.165, 1.54) is 5.56 Å². The van der Waals surface area contributed by atoms with Crippen LogP contribution in [0.4, 0.5) is 0 Å². The molecule has 0 atom stereocenters. The zero-order chi connectivity index (χ0) is 16.5. The molecular weight excluding hydrogens is 376 g/mol. The Morgan fingerprint density at radius 3 is 2.91 bits per heavy atom. The minimum absolute atomic E-state index is 0.129. The van der Waals surface area contributed by atoms with Crippen molar-refractivity contribution in [1.29, 1.82) is 0 Å². The summed E-state index contributed by atoms with van der Waals surface area (Å²) in [5, 5.41) is 3.96. The lowest BCUT2D eigenvalue weighted by atomic mass is 10.2. The number of ether oxygens (including phenoxy) is 1. The Morgan fingerprint density at radius 1 is 1.30 bits per heavy atom. The van der Waals surface area contributed by atoms with E-state index < -0.39 is 0 Å². The number of carbonyl (C=O) groups is 1. The maximum atomic E-state index is 11.8. The Morgan fingerprint density at radius 2 is 2.13 bits per heavy atom. The summed E-state index contributed by atoms with van der Waals surface area (Å²) in [5.41, 5.74) is 4.52. The van der Waals surface area contributed by atoms with E-state index in [0.29, 0.717) is 5.75 Å². The van der Waals surface area contributed by atoms with Gasteiger partial charge in [0.1, 0.15) is 5.75 Å². The van der Waals surface area contributed by atoms with Crippen molar-refractivity contribution < 1.29 is 9.53 Å². The topological polar surface area (TPSA) is 50.7 Å². The van der Waals surface area contributed by atoms with Gasteiger partial charge in [-0.05, 0) is 29.8 Å². The molecule has 1 amide bonds. The first-order valence-corrected chi connectivity index (χ1v) is 8.91. The highest BCUT2D eigenvalue weighted by Crippen LogP contribution is 2.17. The summed E-state index contributed by atoms with van der Waals surface area (Å²) in [4.78, 5) is 11.8. The van der Waals surface area contributed by atoms with Crippen LogP contribution in [0.25, 0.3) is 0 Å². The number of rotatable bonds is 7. The molecule has 23 heavy (non-hydrogen) atoms. The van der Waals surface area contributed by atoms with Gasteiger partial charge in [0.05, 0.1) is 19.1 Å². The summed E-state index contributed by atoms with van der Waals surface area (Å²) >= 11 is 4.98. The molecule has 0 aliphatic heterocycles. The molecule has 0 unspecified atom stereocenters. The highest BCUT2D eigenvalue weighted by molar-refractivity contribution is 9.10. The first-order valence-electron chi connectivity index (χ1n) is 6.96. The molecule has 0 bridgehead atoms. The minimum atomic E-state index is -0.129. The third kappa shape index (κ3) is 6.08. The third-order valence-corrected chi connectivity index (χ3v) is 4.42. The number of carbonyl (C=O) groups excluding carboxylic acids is 1. The SMILES string of the molecule is COc1ccccc1/C=N/NC(=O)CSCc1cccc(Br)c1. The smallest absolute Gasteiger partial charge is 0.250 e. The summed E-state index contributed by atoms with van der Waals surface area (Å²) in [5.74, 6) is 1.73. The van der Waals surface area contributed by atoms with Crippen LogP contribution in [-0.4, -0.2) is 25.0 Å². The van der Waals surface area contributed by atoms with Crippen LogP contribution in [0.15, 0.2) is 58.1 Å². The molecule has 0 spiro atoms. The van der Waals surface area contributed by atoms with Gasteiger partial charge in [-0.3, -0.25) is 4.79 Å². The quantitative estimate of drug-likeness (QED) is 0.575. The zero-order valence-corrected chi connectivity index (χ0v) is 15.1. The summed E-state index contributed by atoms with van der Waals surface area (Å²) in [6.45, 7) is 0. The van der Waals surface area contributed by atoms with E-state index in [2.05, 4.69) is 26.5 Å². The molecule has 6 heteroatoms. The Kier molecular flexibility index (Phi) is 7.16. The molecule has 2 aromatic carbocycles. The van der Waals surface area contributed by atoms with Crippen LogP contribution in [0.1, 0.15) is 11.1 Å². The van der Waals surface area contributed by atoms with E-state index in [1.807, 2.05) is 48.5 Å². The number of nitrogens with one attached hydrogen (secondary N) is 1. The van der Waals surface area contributed by atoms with Crippen molar-refractivity contribution in [1.82, 2.24) is 5.43 Å². The Balaban J connectivity index is 1.75. The highest BCUT2D eigenvalue weighted by Gasteiger charge is 2.02. The first kappa shape index (κ1) is 17.6. The predicted molar refractivity (Wildman–Crippen MR) is 99.0 cm³/mol. The van der Waals surface area contributed by atoms with Crippen molar-refractivity contribution in [3.63, 3.8) is 0 Å². The van der Waals surface area contributed by atoms with Crippen molar-refractivity contribution in [3.05, 3.63) is 64.1 Å². The molecule has 0 heterocycles. The summed E-state index contributed by atoms with van der Waals surface area (Å²) in [6.07, 6.45) is 1.58. The van der Waals surface area contributed by atoms with Crippen LogP contribution in [0.3, 0.4) is 0 Å². The van der Waals surface area contributed by atoms with Gasteiger partial charge in [0.2, 0.25) is 5.91 Å². The number of methoxy groups -OCH3 is 1. The number of hydrogen-bond donors (Lipinski definition) is 1. The molecule has 0 radical (unpaired) electrons. The normalized spacial score (nSPS) is 10.7. The fourth-order valence-corrected chi connectivity index (χ4v) is 3.08. The molecule has 0 aliphatic rings. The maximum Gasteiger partial charge on any atom is 0.250 e. The lowest BCUT2D eigenvalue weighted by molar-refractivity contribution is -0.118. The number of para-hydroxylation sites is 1. The summed E-state index contributed by atoms with van der Waals surface area (Å²) in [6, 6.07) is 15.5. The van der Waals surface area contributed by atoms with Crippen molar-refractivity contribution in [2.75, 3.05) is 12.9 Å². The van der Waals surface area contributed by atoms with Crippen LogP contribution in [0, 0.1) is 0 Å². The van der Waals surface area contributed by atoms with Crippen molar-refractivity contribution in [2.45, 2.75) is 5.75 Å². The fraction of sp³-hybridized carbons (Fsp3) is 0.176. The van der Waals surface area contributed by atoms with E-state index in [1.54, 1.807) is 25.1 Å². The van der Waals surface area contributed by atoms with Gasteiger partial charge in [0, 0.05) is 15.8 Å². The number of nitrogens with zero attached hydrogens (tertiary/aromatic N) is 1. The molecule has 0 saturated carbocycles. The zero-order valence-electron chi connectivity index (χ0n) is 12.7. The second-order valence-electron chi connectivity index (χ2n) is 4.66. The van der Waals surface area contributed by atoms with E-state index in [0.717, 1.165) is 21.5 Å². The van der Waals surface area contributed by atoms with Gasteiger partial charge in [0.25, 0.3) is 0 Å². The van der Waals surface area contributed by atoms with Crippen molar-refractivity contribution >= 4 is 39.8 Å². The standard InChI is InChI=1S/C17H17BrN2O2S/c1-22-16-8-3-2-6-14(16)10-19-20-17(21)12-23-11-13-5-4-7-15(18)9-13/h2-10H,11-12H2,1H3,(H,20,21)/b19-10+. The van der Waals surface area contributed by atoms with Gasteiger partial charge in [-0.25, -0.2) is 5.43 Å². The van der Waals surface area contributed by atoms with Crippen molar-refractivity contribution in [2.24, 2.45) is 5.10 Å². The molecule has 0 fully saturated rings. The van der Waals surface area contributed by atoms with Crippen LogP contribution >= 0.6 is 27.7 Å². The third-order valence-electron chi connectivity index (χ3n) is 2.92. The Hall–Kier alpha value is -1.79. The van der Waals surface area contributed by atoms with Gasteiger partial charge < -0.3 is 4.74 Å². The lowest BCUT2D eigenvalue weighted by Crippen LogP contribution is -2.19. The number of amides is 1. The first-order chi connectivity index (χ1) is 11.2. The highest BCUT2D eigenvalue weighted by atomic mass is 79.9. The molecule has 0 aromatic heterocycles. The minimum Gasteiger partial charge on any atom is -0.496 e. The van der Waals surface area contributed by atoms with Crippen LogP contribution in [-0.2, 0) is 10.5 Å². The average Bonchev–Trinajstić information content (AvgIpc) is 2.55. The molecule has 0 saturated heterocycles. The maximum absolute atomic E-state index is 11.8. The van der Waals surface area contributed by atoms with Gasteiger partial charge >= 0.3 is 0 Å². The monoisotopic (exact) mass is 392 g/mol. The number of halogens is 1. The van der Waals surface area contributed by atoms with Gasteiger partial charge in [-0.1, -0.05) is 40.2 Å². The van der Waals surface area contributed by atoms with Gasteiger partial charge in [-0.15, -0.1) is 11.8 Å². The predicted octanol–water partition coefficient (Wildman–Crippen LogP) is 3.84. The van der Waals surface area contributed by atoms with E-state index >= 15 is 0 Å². The van der Waals surface area contributed by atoms with Crippen LogP contribution in [0.2, 0.25) is 0 Å². The summed E-state index contributed by atoms with van der Waals surface area (Å²) < 4.78 is 6.26. The lowest BCUT2D eigenvalue weighted by Gasteiger charge is -2.04. The molecule has 120 valence electrons. The molecule has 4 nitrogen and oxygen atoms in total. The Labute approximate surface area is 148 Å². The number of hydrazone groups is 1.